The number of hydrogen-bond acceptors (Lipinski definition) is 6. The van der Waals surface area contributed by atoms with Crippen molar-refractivity contribution in [2.45, 2.75) is 0 Å². The molecule has 5 nitrogen and oxygen atoms in total. The first-order valence-corrected chi connectivity index (χ1v) is 6.89. The van der Waals surface area contributed by atoms with Gasteiger partial charge in [-0.1, -0.05) is 12.1 Å². The van der Waals surface area contributed by atoms with E-state index in [1.54, 1.807) is 30.3 Å². The van der Waals surface area contributed by atoms with Crippen LogP contribution in [0.2, 0.25) is 0 Å². The minimum atomic E-state index is 0.353. The Morgan fingerprint density at radius 2 is 1.38 bits per heavy atom. The summed E-state index contributed by atoms with van der Waals surface area (Å²) in [5, 5.41) is 20.3. The molecule has 0 unspecified atom stereocenters. The van der Waals surface area contributed by atoms with Gasteiger partial charge in [-0.15, -0.1) is 11.3 Å². The number of thiazole rings is 1. The van der Waals surface area contributed by atoms with Crippen LogP contribution in [0.5, 0.6) is 0 Å². The van der Waals surface area contributed by atoms with Gasteiger partial charge in [0.15, 0.2) is 0 Å². The summed E-state index contributed by atoms with van der Waals surface area (Å²) in [4.78, 5) is 12.9. The van der Waals surface area contributed by atoms with Gasteiger partial charge in [-0.25, -0.2) is 15.0 Å². The molecule has 21 heavy (non-hydrogen) atoms. The van der Waals surface area contributed by atoms with Crippen LogP contribution in [0.3, 0.4) is 0 Å². The fourth-order valence-electron chi connectivity index (χ4n) is 1.76. The number of rotatable bonds is 2. The van der Waals surface area contributed by atoms with Crippen LogP contribution in [0.25, 0.3) is 22.1 Å². The standard InChI is InChI=1S/C15H7N5S/c16-7-10-3-1-5-12(18-10)14-9-21-15(20-14)13-6-2-4-11(8-17)19-13/h1-6,9H. The van der Waals surface area contributed by atoms with E-state index in [1.165, 1.54) is 11.3 Å². The second kappa shape index (κ2) is 5.49. The largest absolute Gasteiger partial charge is 0.235 e. The number of nitrogens with zero attached hydrogens (tertiary/aromatic N) is 5. The summed E-state index contributed by atoms with van der Waals surface area (Å²) in [6.45, 7) is 0. The van der Waals surface area contributed by atoms with Crippen molar-refractivity contribution in [3.05, 3.63) is 53.2 Å². The summed E-state index contributed by atoms with van der Waals surface area (Å²) in [6, 6.07) is 14.5. The molecule has 98 valence electrons. The van der Waals surface area contributed by atoms with Gasteiger partial charge in [0, 0.05) is 5.38 Å². The molecule has 0 radical (unpaired) electrons. The van der Waals surface area contributed by atoms with Crippen molar-refractivity contribution in [2.75, 3.05) is 0 Å². The molecule has 0 aliphatic rings. The minimum absolute atomic E-state index is 0.353. The number of pyridine rings is 2. The molecular formula is C15H7N5S. The molecule has 3 heterocycles. The minimum Gasteiger partial charge on any atom is -0.235 e. The Morgan fingerprint density at radius 3 is 2.05 bits per heavy atom. The van der Waals surface area contributed by atoms with Gasteiger partial charge in [-0.2, -0.15) is 10.5 Å². The Kier molecular flexibility index (Phi) is 3.38. The molecule has 0 saturated heterocycles. The van der Waals surface area contributed by atoms with E-state index < -0.39 is 0 Å². The second-order valence-electron chi connectivity index (χ2n) is 4.08. The molecule has 0 aromatic carbocycles. The molecule has 0 fully saturated rings. The zero-order chi connectivity index (χ0) is 14.7. The van der Waals surface area contributed by atoms with E-state index in [9.17, 15) is 0 Å². The molecule has 3 aromatic rings. The Balaban J connectivity index is 2.00. The normalized spacial score (nSPS) is 9.81. The van der Waals surface area contributed by atoms with Gasteiger partial charge in [0.25, 0.3) is 0 Å². The Hall–Kier alpha value is -3.09. The summed E-state index contributed by atoms with van der Waals surface area (Å²) in [6.07, 6.45) is 0. The zero-order valence-corrected chi connectivity index (χ0v) is 11.5. The molecule has 0 saturated carbocycles. The Labute approximate surface area is 124 Å². The fourth-order valence-corrected chi connectivity index (χ4v) is 2.55. The third-order valence-electron chi connectivity index (χ3n) is 2.71. The molecule has 0 amide bonds. The molecular weight excluding hydrogens is 282 g/mol. The highest BCUT2D eigenvalue weighted by atomic mass is 32.1. The van der Waals surface area contributed by atoms with Crippen LogP contribution in [-0.2, 0) is 0 Å². The molecule has 3 rings (SSSR count). The predicted molar refractivity (Wildman–Crippen MR) is 78.0 cm³/mol. The fraction of sp³-hybridized carbons (Fsp3) is 0. The van der Waals surface area contributed by atoms with Crippen molar-refractivity contribution in [1.82, 2.24) is 15.0 Å². The van der Waals surface area contributed by atoms with E-state index in [1.807, 2.05) is 23.6 Å². The Morgan fingerprint density at radius 1 is 0.762 bits per heavy atom. The predicted octanol–water partition coefficient (Wildman–Crippen LogP) is 3.01. The van der Waals surface area contributed by atoms with Crippen molar-refractivity contribution in [1.29, 1.82) is 10.5 Å². The first-order chi connectivity index (χ1) is 10.3. The summed E-state index contributed by atoms with van der Waals surface area (Å²) in [5.41, 5.74) is 2.70. The van der Waals surface area contributed by atoms with Crippen molar-refractivity contribution in [3.8, 4) is 34.2 Å². The third kappa shape index (κ3) is 2.62. The lowest BCUT2D eigenvalue weighted by Gasteiger charge is -1.97. The van der Waals surface area contributed by atoms with Crippen LogP contribution in [0.15, 0.2) is 41.8 Å². The quantitative estimate of drug-likeness (QED) is 0.723. The molecule has 0 atom stereocenters. The van der Waals surface area contributed by atoms with Gasteiger partial charge >= 0.3 is 0 Å². The number of aromatic nitrogens is 3. The molecule has 0 N–H and O–H groups in total. The van der Waals surface area contributed by atoms with Crippen molar-refractivity contribution in [2.24, 2.45) is 0 Å². The second-order valence-corrected chi connectivity index (χ2v) is 4.94. The average molecular weight is 289 g/mol. The molecule has 0 spiro atoms. The maximum Gasteiger partial charge on any atom is 0.142 e. The van der Waals surface area contributed by atoms with Crippen LogP contribution in [-0.4, -0.2) is 15.0 Å². The first kappa shape index (κ1) is 12.9. The lowest BCUT2D eigenvalue weighted by atomic mass is 10.2. The third-order valence-corrected chi connectivity index (χ3v) is 3.58. The van der Waals surface area contributed by atoms with Crippen LogP contribution in [0, 0.1) is 22.7 Å². The van der Waals surface area contributed by atoms with E-state index in [-0.39, 0.29) is 0 Å². The molecule has 0 aliphatic carbocycles. The van der Waals surface area contributed by atoms with Crippen molar-refractivity contribution in [3.63, 3.8) is 0 Å². The smallest absolute Gasteiger partial charge is 0.142 e. The van der Waals surface area contributed by atoms with Gasteiger partial charge < -0.3 is 0 Å². The van der Waals surface area contributed by atoms with Gasteiger partial charge in [0.2, 0.25) is 0 Å². The topological polar surface area (TPSA) is 86.2 Å². The van der Waals surface area contributed by atoms with Gasteiger partial charge in [-0.3, -0.25) is 0 Å². The molecule has 3 aromatic heterocycles. The van der Waals surface area contributed by atoms with Crippen molar-refractivity contribution < 1.29 is 0 Å². The highest BCUT2D eigenvalue weighted by Crippen LogP contribution is 2.27. The molecule has 0 bridgehead atoms. The van der Waals surface area contributed by atoms with Gasteiger partial charge in [0.1, 0.15) is 39.9 Å². The van der Waals surface area contributed by atoms with Crippen molar-refractivity contribution >= 4 is 11.3 Å². The number of nitriles is 2. The van der Waals surface area contributed by atoms with Gasteiger partial charge in [0.05, 0.1) is 5.69 Å². The maximum absolute atomic E-state index is 8.88. The molecule has 0 aliphatic heterocycles. The van der Waals surface area contributed by atoms with E-state index in [4.69, 9.17) is 10.5 Å². The van der Waals surface area contributed by atoms with Crippen LogP contribution in [0.4, 0.5) is 0 Å². The highest BCUT2D eigenvalue weighted by molar-refractivity contribution is 7.13. The van der Waals surface area contributed by atoms with E-state index in [0.29, 0.717) is 33.5 Å². The summed E-state index contributed by atoms with van der Waals surface area (Å²) < 4.78 is 0. The lowest BCUT2D eigenvalue weighted by molar-refractivity contribution is 1.22. The van der Waals surface area contributed by atoms with Gasteiger partial charge in [-0.05, 0) is 24.3 Å². The Bertz CT molecular complexity index is 813. The summed E-state index contributed by atoms with van der Waals surface area (Å²) >= 11 is 1.42. The maximum atomic E-state index is 8.88. The van der Waals surface area contributed by atoms with E-state index in [2.05, 4.69) is 15.0 Å². The zero-order valence-electron chi connectivity index (χ0n) is 10.7. The van der Waals surface area contributed by atoms with E-state index in [0.717, 1.165) is 0 Å². The van der Waals surface area contributed by atoms with Crippen LogP contribution < -0.4 is 0 Å². The monoisotopic (exact) mass is 289 g/mol. The van der Waals surface area contributed by atoms with Crippen LogP contribution >= 0.6 is 11.3 Å². The molecule has 6 heteroatoms. The lowest BCUT2D eigenvalue weighted by Crippen LogP contribution is -1.89. The first-order valence-electron chi connectivity index (χ1n) is 6.01. The SMILES string of the molecule is N#Cc1cccc(-c2csc(-c3cccc(C#N)n3)n2)n1. The number of hydrogen-bond donors (Lipinski definition) is 0. The van der Waals surface area contributed by atoms with E-state index >= 15 is 0 Å². The summed E-state index contributed by atoms with van der Waals surface area (Å²) in [5.74, 6) is 0. The summed E-state index contributed by atoms with van der Waals surface area (Å²) in [7, 11) is 0. The average Bonchev–Trinajstić information content (AvgIpc) is 3.05. The van der Waals surface area contributed by atoms with Crippen LogP contribution in [0.1, 0.15) is 11.4 Å². The highest BCUT2D eigenvalue weighted by Gasteiger charge is 2.09.